The molecule has 2 aromatic heterocycles. The highest BCUT2D eigenvalue weighted by molar-refractivity contribution is 5.94. The van der Waals surface area contributed by atoms with Gasteiger partial charge in [-0.2, -0.15) is 9.97 Å². The molecule has 168 valence electrons. The van der Waals surface area contributed by atoms with Crippen LogP contribution in [-0.4, -0.2) is 78.5 Å². The van der Waals surface area contributed by atoms with Crippen molar-refractivity contribution in [1.29, 1.82) is 0 Å². The van der Waals surface area contributed by atoms with E-state index in [0.717, 1.165) is 71.5 Å². The SMILES string of the molecule is C1CCc2c(c3c(N4CCCC4)n[14c](N4CCCC4)nc3n2CCN2CCOCC2)C1. The molecule has 0 amide bonds. The van der Waals surface area contributed by atoms with Gasteiger partial charge in [0, 0.05) is 58.1 Å². The quantitative estimate of drug-likeness (QED) is 0.733. The molecule has 0 N–H and O–H groups in total. The van der Waals surface area contributed by atoms with E-state index in [-0.39, 0.29) is 0 Å². The third kappa shape index (κ3) is 3.69. The maximum absolute atomic E-state index is 5.56. The molecule has 0 unspecified atom stereocenters. The zero-order valence-electron chi connectivity index (χ0n) is 18.8. The zero-order valence-corrected chi connectivity index (χ0v) is 18.8. The lowest BCUT2D eigenvalue weighted by Gasteiger charge is -2.27. The molecule has 0 bridgehead atoms. The first-order valence-electron chi connectivity index (χ1n) is 12.6. The molecule has 5 heterocycles. The number of ether oxygens (including phenoxy) is 1. The molecule has 7 heteroatoms. The highest BCUT2D eigenvalue weighted by atomic mass is 16.5. The summed E-state index contributed by atoms with van der Waals surface area (Å²) in [5, 5.41) is 1.38. The molecule has 3 fully saturated rings. The standard InChI is InChI=1S/C24H36N6O/c1-2-8-20-19(7-1)21-22(28-9-3-4-10-28)25-24(29-11-5-6-12-29)26-23(21)30(20)14-13-27-15-17-31-18-16-27/h1-18H2/i24+2. The molecule has 1 aliphatic carbocycles. The molecule has 0 radical (unpaired) electrons. The average Bonchev–Trinajstić information content (AvgIpc) is 3.59. The van der Waals surface area contributed by atoms with Gasteiger partial charge in [0.05, 0.1) is 18.6 Å². The summed E-state index contributed by atoms with van der Waals surface area (Å²) in [7, 11) is 0. The van der Waals surface area contributed by atoms with Gasteiger partial charge in [-0.05, 0) is 56.9 Å². The van der Waals surface area contributed by atoms with Gasteiger partial charge < -0.3 is 19.1 Å². The number of fused-ring (bicyclic) bond motifs is 3. The second kappa shape index (κ2) is 8.58. The Balaban J connectivity index is 1.45. The topological polar surface area (TPSA) is 49.7 Å². The first kappa shape index (κ1) is 19.8. The van der Waals surface area contributed by atoms with Gasteiger partial charge >= 0.3 is 0 Å². The van der Waals surface area contributed by atoms with Gasteiger partial charge in [-0.25, -0.2) is 0 Å². The lowest BCUT2D eigenvalue weighted by Crippen LogP contribution is -2.38. The molecule has 0 saturated carbocycles. The van der Waals surface area contributed by atoms with Crippen molar-refractivity contribution in [3.05, 3.63) is 11.3 Å². The van der Waals surface area contributed by atoms with Crippen molar-refractivity contribution < 1.29 is 4.74 Å². The largest absolute Gasteiger partial charge is 0.379 e. The van der Waals surface area contributed by atoms with Gasteiger partial charge in [-0.15, -0.1) is 0 Å². The van der Waals surface area contributed by atoms with E-state index >= 15 is 0 Å². The number of aromatic nitrogens is 3. The maximum atomic E-state index is 5.56. The summed E-state index contributed by atoms with van der Waals surface area (Å²) < 4.78 is 8.15. The second-order valence-electron chi connectivity index (χ2n) is 9.67. The minimum atomic E-state index is 0.866. The number of nitrogens with zero attached hydrogens (tertiary/aromatic N) is 6. The highest BCUT2D eigenvalue weighted by Crippen LogP contribution is 2.38. The van der Waals surface area contributed by atoms with Crippen LogP contribution in [0.4, 0.5) is 11.8 Å². The predicted octanol–water partition coefficient (Wildman–Crippen LogP) is 2.84. The monoisotopic (exact) mass is 426 g/mol. The third-order valence-electron chi connectivity index (χ3n) is 7.72. The van der Waals surface area contributed by atoms with Crippen molar-refractivity contribution in [2.45, 2.75) is 57.9 Å². The number of hydrogen-bond donors (Lipinski definition) is 0. The van der Waals surface area contributed by atoms with E-state index in [9.17, 15) is 0 Å². The number of morpholine rings is 1. The molecular formula is C24H36N6O. The molecular weight excluding hydrogens is 390 g/mol. The Morgan fingerprint density at radius 2 is 1.52 bits per heavy atom. The summed E-state index contributed by atoms with van der Waals surface area (Å²) in [5.74, 6) is 2.20. The van der Waals surface area contributed by atoms with E-state index in [2.05, 4.69) is 19.3 Å². The van der Waals surface area contributed by atoms with Gasteiger partial charge in [-0.3, -0.25) is 4.90 Å². The number of hydrogen-bond acceptors (Lipinski definition) is 6. The zero-order chi connectivity index (χ0) is 20.6. The molecule has 0 aromatic carbocycles. The van der Waals surface area contributed by atoms with Crippen LogP contribution < -0.4 is 9.80 Å². The summed E-state index contributed by atoms with van der Waals surface area (Å²) in [4.78, 5) is 18.0. The van der Waals surface area contributed by atoms with Crippen LogP contribution in [0.25, 0.3) is 11.0 Å². The average molecular weight is 427 g/mol. The van der Waals surface area contributed by atoms with E-state index in [1.165, 1.54) is 68.2 Å². The highest BCUT2D eigenvalue weighted by Gasteiger charge is 2.29. The minimum absolute atomic E-state index is 0.866. The normalized spacial score (nSPS) is 22.6. The van der Waals surface area contributed by atoms with Gasteiger partial charge in [0.2, 0.25) is 5.95 Å². The van der Waals surface area contributed by atoms with Crippen molar-refractivity contribution in [2.75, 3.05) is 68.8 Å². The summed E-state index contributed by atoms with van der Waals surface area (Å²) in [6.45, 7) is 10.4. The van der Waals surface area contributed by atoms with Crippen LogP contribution in [0.2, 0.25) is 0 Å². The first-order chi connectivity index (χ1) is 15.4. The Bertz CT molecular complexity index is 922. The Kier molecular flexibility index (Phi) is 5.48. The second-order valence-corrected chi connectivity index (χ2v) is 9.67. The smallest absolute Gasteiger partial charge is 0.229 e. The minimum Gasteiger partial charge on any atom is -0.379 e. The molecule has 0 atom stereocenters. The fourth-order valence-corrected chi connectivity index (χ4v) is 6.00. The van der Waals surface area contributed by atoms with E-state index in [0.29, 0.717) is 0 Å². The number of rotatable bonds is 5. The summed E-state index contributed by atoms with van der Waals surface area (Å²) in [6.07, 6.45) is 10.0. The van der Waals surface area contributed by atoms with Crippen molar-refractivity contribution in [2.24, 2.45) is 0 Å². The van der Waals surface area contributed by atoms with Crippen molar-refractivity contribution in [3.63, 3.8) is 0 Å². The van der Waals surface area contributed by atoms with Crippen LogP contribution >= 0.6 is 0 Å². The van der Waals surface area contributed by atoms with Crippen molar-refractivity contribution >= 4 is 22.8 Å². The Hall–Kier alpha value is -1.86. The maximum Gasteiger partial charge on any atom is 0.229 e. The summed E-state index contributed by atoms with van der Waals surface area (Å²) in [6, 6.07) is 0. The molecule has 3 saturated heterocycles. The molecule has 2 aromatic rings. The first-order valence-corrected chi connectivity index (χ1v) is 12.6. The van der Waals surface area contributed by atoms with Gasteiger partial charge in [-0.1, -0.05) is 0 Å². The van der Waals surface area contributed by atoms with Gasteiger partial charge in [0.1, 0.15) is 11.5 Å². The van der Waals surface area contributed by atoms with E-state index in [4.69, 9.17) is 14.7 Å². The molecule has 31 heavy (non-hydrogen) atoms. The fourth-order valence-electron chi connectivity index (χ4n) is 6.00. The third-order valence-corrected chi connectivity index (χ3v) is 7.72. The molecule has 6 rings (SSSR count). The van der Waals surface area contributed by atoms with Crippen LogP contribution in [0.3, 0.4) is 0 Å². The Labute approximate surface area is 185 Å². The van der Waals surface area contributed by atoms with E-state index < -0.39 is 0 Å². The van der Waals surface area contributed by atoms with Crippen LogP contribution in [0, 0.1) is 0 Å². The summed E-state index contributed by atoms with van der Waals surface area (Å²) in [5.41, 5.74) is 4.31. The van der Waals surface area contributed by atoms with Gasteiger partial charge in [0.25, 0.3) is 0 Å². The van der Waals surface area contributed by atoms with E-state index in [1.807, 2.05) is 0 Å². The number of aryl methyl sites for hydroxylation is 1. The number of anilines is 2. The van der Waals surface area contributed by atoms with E-state index in [1.54, 1.807) is 11.3 Å². The van der Waals surface area contributed by atoms with Crippen molar-refractivity contribution in [3.8, 4) is 0 Å². The fraction of sp³-hybridized carbons (Fsp3) is 0.750. The van der Waals surface area contributed by atoms with Crippen LogP contribution in [0.15, 0.2) is 0 Å². The van der Waals surface area contributed by atoms with Gasteiger partial charge in [0.15, 0.2) is 0 Å². The van der Waals surface area contributed by atoms with Crippen LogP contribution in [0.5, 0.6) is 0 Å². The molecule has 0 spiro atoms. The lowest BCUT2D eigenvalue weighted by molar-refractivity contribution is 0.0364. The van der Waals surface area contributed by atoms with Crippen LogP contribution in [-0.2, 0) is 24.1 Å². The molecule has 7 nitrogen and oxygen atoms in total. The van der Waals surface area contributed by atoms with Crippen LogP contribution in [0.1, 0.15) is 49.8 Å². The summed E-state index contributed by atoms with van der Waals surface area (Å²) >= 11 is 0. The predicted molar refractivity (Wildman–Crippen MR) is 124 cm³/mol. The lowest BCUT2D eigenvalue weighted by atomic mass is 9.96. The Morgan fingerprint density at radius 1 is 0.774 bits per heavy atom. The molecule has 4 aliphatic rings. The molecule has 3 aliphatic heterocycles. The van der Waals surface area contributed by atoms with Crippen molar-refractivity contribution in [1.82, 2.24) is 19.4 Å². The Morgan fingerprint density at radius 3 is 2.32 bits per heavy atom.